The summed E-state index contributed by atoms with van der Waals surface area (Å²) >= 11 is 6.02. The molecule has 0 fully saturated rings. The molecule has 0 bridgehead atoms. The van der Waals surface area contributed by atoms with Gasteiger partial charge in [-0.05, 0) is 47.9 Å². The molecule has 4 rings (SSSR count). The zero-order valence-electron chi connectivity index (χ0n) is 14.7. The molecule has 0 spiro atoms. The lowest BCUT2D eigenvalue weighted by Gasteiger charge is -2.07. The number of rotatable bonds is 3. The molecular weight excluding hydrogens is 386 g/mol. The summed E-state index contributed by atoms with van der Waals surface area (Å²) in [6.45, 7) is 0.461. The van der Waals surface area contributed by atoms with Gasteiger partial charge in [0.25, 0.3) is 5.56 Å². The van der Waals surface area contributed by atoms with E-state index in [1.54, 1.807) is 28.8 Å². The molecule has 8 nitrogen and oxygen atoms in total. The molecule has 2 heterocycles. The third kappa shape index (κ3) is 2.87. The number of hydrogen-bond donors (Lipinski definition) is 1. The minimum absolute atomic E-state index is 0.00492. The number of nitro groups is 1. The third-order valence-electron chi connectivity index (χ3n) is 4.64. The fraction of sp³-hybridized carbons (Fsp3) is 0.158. The largest absolute Gasteiger partial charge is 0.500 e. The molecule has 0 amide bonds. The minimum Gasteiger partial charge on any atom is -0.500 e. The molecular formula is C19H14ClN3O5. The summed E-state index contributed by atoms with van der Waals surface area (Å²) in [6.07, 6.45) is 2.25. The maximum atomic E-state index is 12.7. The van der Waals surface area contributed by atoms with Gasteiger partial charge in [0.1, 0.15) is 5.82 Å². The highest BCUT2D eigenvalue weighted by Gasteiger charge is 2.23. The number of fused-ring (bicyclic) bond motifs is 2. The predicted octanol–water partition coefficient (Wildman–Crippen LogP) is 3.62. The number of allylic oxidation sites excluding steroid dienone is 1. The lowest BCUT2D eigenvalue weighted by molar-refractivity contribution is -0.386. The summed E-state index contributed by atoms with van der Waals surface area (Å²) in [7, 11) is 1.32. The van der Waals surface area contributed by atoms with Crippen molar-refractivity contribution >= 4 is 39.8 Å². The molecule has 0 atom stereocenters. The first kappa shape index (κ1) is 18.0. The molecule has 1 aliphatic heterocycles. The van der Waals surface area contributed by atoms with E-state index in [0.29, 0.717) is 40.3 Å². The van der Waals surface area contributed by atoms with Crippen LogP contribution in [0.25, 0.3) is 22.6 Å². The quantitative estimate of drug-likeness (QED) is 0.532. The van der Waals surface area contributed by atoms with Crippen molar-refractivity contribution in [2.24, 2.45) is 0 Å². The van der Waals surface area contributed by atoms with Crippen molar-refractivity contribution < 1.29 is 14.8 Å². The van der Waals surface area contributed by atoms with Crippen molar-refractivity contribution in [2.75, 3.05) is 7.11 Å². The number of nitrogens with zero attached hydrogens (tertiary/aromatic N) is 3. The SMILES string of the molecule is COc1cc(C=C2CCn3c2nc2cc(Cl)ccc2c3=O)cc([N+](=O)[O-])c1O. The molecule has 2 aromatic carbocycles. The van der Waals surface area contributed by atoms with Crippen molar-refractivity contribution in [3.05, 3.63) is 67.2 Å². The normalized spacial score (nSPS) is 14.4. The van der Waals surface area contributed by atoms with Crippen molar-refractivity contribution in [3.63, 3.8) is 0 Å². The minimum atomic E-state index is -0.680. The number of methoxy groups -OCH3 is 1. The summed E-state index contributed by atoms with van der Waals surface area (Å²) in [6, 6.07) is 7.67. The highest BCUT2D eigenvalue weighted by molar-refractivity contribution is 6.31. The second-order valence-electron chi connectivity index (χ2n) is 6.32. The topological polar surface area (TPSA) is 107 Å². The number of hydrogen-bond acceptors (Lipinski definition) is 6. The third-order valence-corrected chi connectivity index (χ3v) is 4.88. The monoisotopic (exact) mass is 399 g/mol. The fourth-order valence-electron chi connectivity index (χ4n) is 3.32. The van der Waals surface area contributed by atoms with Crippen LogP contribution in [0.1, 0.15) is 17.8 Å². The van der Waals surface area contributed by atoms with Gasteiger partial charge in [-0.2, -0.15) is 0 Å². The van der Waals surface area contributed by atoms with E-state index >= 15 is 0 Å². The first-order valence-electron chi connectivity index (χ1n) is 8.35. The van der Waals surface area contributed by atoms with Crippen molar-refractivity contribution in [1.82, 2.24) is 9.55 Å². The first-order chi connectivity index (χ1) is 13.4. The van der Waals surface area contributed by atoms with Crippen LogP contribution in [-0.4, -0.2) is 26.7 Å². The molecule has 9 heteroatoms. The van der Waals surface area contributed by atoms with Crippen molar-refractivity contribution in [2.45, 2.75) is 13.0 Å². The van der Waals surface area contributed by atoms with Crippen LogP contribution in [0.15, 0.2) is 35.1 Å². The Labute approximate surface area is 163 Å². The molecule has 0 saturated carbocycles. The maximum absolute atomic E-state index is 12.7. The number of phenolic OH excluding ortho intramolecular Hbond substituents is 1. The second-order valence-corrected chi connectivity index (χ2v) is 6.76. The average Bonchev–Trinajstić information content (AvgIpc) is 3.05. The van der Waals surface area contributed by atoms with E-state index in [-0.39, 0.29) is 11.3 Å². The van der Waals surface area contributed by atoms with Crippen LogP contribution in [0, 0.1) is 10.1 Å². The number of ether oxygens (including phenoxy) is 1. The van der Waals surface area contributed by atoms with Gasteiger partial charge < -0.3 is 9.84 Å². The van der Waals surface area contributed by atoms with Crippen molar-refractivity contribution in [1.29, 1.82) is 0 Å². The standard InChI is InChI=1S/C19H14ClN3O5/c1-28-16-8-10(7-15(17(16)24)23(26)27)6-11-4-5-22-18(11)21-14-9-12(20)2-3-13(14)19(22)25/h2-3,6-9,24H,4-5H2,1H3. The molecule has 0 saturated heterocycles. The molecule has 0 unspecified atom stereocenters. The number of benzene rings is 2. The first-order valence-corrected chi connectivity index (χ1v) is 8.73. The fourth-order valence-corrected chi connectivity index (χ4v) is 3.49. The number of phenols is 1. The van der Waals surface area contributed by atoms with Gasteiger partial charge >= 0.3 is 5.69 Å². The van der Waals surface area contributed by atoms with E-state index in [1.165, 1.54) is 19.2 Å². The molecule has 0 aliphatic carbocycles. The smallest absolute Gasteiger partial charge is 0.315 e. The lowest BCUT2D eigenvalue weighted by atomic mass is 10.1. The molecule has 1 aliphatic rings. The lowest BCUT2D eigenvalue weighted by Crippen LogP contribution is -2.20. The molecule has 142 valence electrons. The summed E-state index contributed by atoms with van der Waals surface area (Å²) < 4.78 is 6.61. The van der Waals surface area contributed by atoms with Crippen molar-refractivity contribution in [3.8, 4) is 11.5 Å². The van der Waals surface area contributed by atoms with Gasteiger partial charge in [0.05, 0.1) is 22.9 Å². The summed E-state index contributed by atoms with van der Waals surface area (Å²) in [5.74, 6) is -0.0411. The number of halogens is 1. The van der Waals surface area contributed by atoms with Gasteiger partial charge in [-0.15, -0.1) is 0 Å². The Balaban J connectivity index is 1.89. The van der Waals surface area contributed by atoms with Crippen LogP contribution >= 0.6 is 11.6 Å². The average molecular weight is 400 g/mol. The Morgan fingerprint density at radius 1 is 1.36 bits per heavy atom. The van der Waals surface area contributed by atoms with E-state index in [1.807, 2.05) is 0 Å². The Morgan fingerprint density at radius 2 is 2.14 bits per heavy atom. The van der Waals surface area contributed by atoms with E-state index in [4.69, 9.17) is 16.3 Å². The van der Waals surface area contributed by atoms with Gasteiger partial charge in [-0.3, -0.25) is 19.5 Å². The Kier molecular flexibility index (Phi) is 4.27. The zero-order valence-corrected chi connectivity index (χ0v) is 15.4. The molecule has 1 N–H and O–H groups in total. The van der Waals surface area contributed by atoms with Crippen LogP contribution in [0.2, 0.25) is 5.02 Å². The van der Waals surface area contributed by atoms with E-state index < -0.39 is 16.4 Å². The van der Waals surface area contributed by atoms with E-state index in [2.05, 4.69) is 4.98 Å². The van der Waals surface area contributed by atoms with Crippen LogP contribution < -0.4 is 10.3 Å². The predicted molar refractivity (Wildman–Crippen MR) is 105 cm³/mol. The van der Waals surface area contributed by atoms with Gasteiger partial charge in [-0.1, -0.05) is 11.6 Å². The molecule has 3 aromatic rings. The van der Waals surface area contributed by atoms with Crippen LogP contribution in [0.5, 0.6) is 11.5 Å². The molecule has 0 radical (unpaired) electrons. The molecule has 28 heavy (non-hydrogen) atoms. The Bertz CT molecular complexity index is 1230. The Morgan fingerprint density at radius 3 is 2.86 bits per heavy atom. The number of aromatic hydroxyl groups is 1. The molecule has 1 aromatic heterocycles. The number of aromatic nitrogens is 2. The highest BCUT2D eigenvalue weighted by atomic mass is 35.5. The van der Waals surface area contributed by atoms with E-state index in [9.17, 15) is 20.0 Å². The van der Waals surface area contributed by atoms with Gasteiger partial charge in [0.15, 0.2) is 5.75 Å². The van der Waals surface area contributed by atoms with Gasteiger partial charge in [0, 0.05) is 17.6 Å². The van der Waals surface area contributed by atoms with E-state index in [0.717, 1.165) is 5.57 Å². The van der Waals surface area contributed by atoms with Gasteiger partial charge in [0.2, 0.25) is 5.75 Å². The van der Waals surface area contributed by atoms with Crippen LogP contribution in [-0.2, 0) is 6.54 Å². The zero-order chi connectivity index (χ0) is 20.0. The van der Waals surface area contributed by atoms with Crippen LogP contribution in [0.4, 0.5) is 5.69 Å². The Hall–Kier alpha value is -3.39. The summed E-state index contributed by atoms with van der Waals surface area (Å²) in [4.78, 5) is 27.8. The highest BCUT2D eigenvalue weighted by Crippen LogP contribution is 2.38. The summed E-state index contributed by atoms with van der Waals surface area (Å²) in [5.41, 5.74) is 1.09. The van der Waals surface area contributed by atoms with Crippen LogP contribution in [0.3, 0.4) is 0 Å². The number of nitro benzene ring substituents is 1. The summed E-state index contributed by atoms with van der Waals surface area (Å²) in [5, 5.41) is 22.1. The maximum Gasteiger partial charge on any atom is 0.315 e. The van der Waals surface area contributed by atoms with Gasteiger partial charge in [-0.25, -0.2) is 4.98 Å². The second kappa shape index (κ2) is 6.65.